The van der Waals surface area contributed by atoms with Crippen molar-refractivity contribution in [2.75, 3.05) is 19.4 Å². The van der Waals surface area contributed by atoms with Gasteiger partial charge in [0.2, 0.25) is 5.70 Å². The summed E-state index contributed by atoms with van der Waals surface area (Å²) < 4.78 is 0. The van der Waals surface area contributed by atoms with Gasteiger partial charge in [-0.05, 0) is 30.3 Å². The zero-order valence-electron chi connectivity index (χ0n) is 11.4. The van der Waals surface area contributed by atoms with Gasteiger partial charge in [-0.25, -0.2) is 0 Å². The number of carbonyl (C=O) groups is 2. The second-order valence-electron chi connectivity index (χ2n) is 4.26. The highest BCUT2D eigenvalue weighted by atomic mass is 16.3. The minimum Gasteiger partial charge on any atom is -0.510 e. The molecule has 2 amide bonds. The van der Waals surface area contributed by atoms with E-state index in [9.17, 15) is 14.5 Å². The smallest absolute Gasteiger partial charge is 0.281 e. The second kappa shape index (κ2) is 6.46. The van der Waals surface area contributed by atoms with Gasteiger partial charge in [-0.3, -0.25) is 9.59 Å². The molecular weight excluding hydrogens is 262 g/mol. The minimum atomic E-state index is -0.838. The Labute approximate surface area is 115 Å². The van der Waals surface area contributed by atoms with Crippen LogP contribution in [0.2, 0.25) is 0 Å². The molecule has 0 spiro atoms. The first kappa shape index (κ1) is 15.4. The van der Waals surface area contributed by atoms with Gasteiger partial charge >= 0.3 is 0 Å². The lowest BCUT2D eigenvalue weighted by Gasteiger charge is -2.11. The molecule has 0 unspecified atom stereocenters. The summed E-state index contributed by atoms with van der Waals surface area (Å²) in [5.41, 5.74) is 0.109. The van der Waals surface area contributed by atoms with Gasteiger partial charge in [0.15, 0.2) is 0 Å². The number of nitrogens with one attached hydrogen (secondary N) is 1. The Morgan fingerprint density at radius 2 is 1.95 bits per heavy atom. The van der Waals surface area contributed by atoms with Gasteiger partial charge in [-0.2, -0.15) is 0 Å². The molecule has 0 saturated heterocycles. The maximum Gasteiger partial charge on any atom is 0.281 e. The largest absolute Gasteiger partial charge is 0.510 e. The highest BCUT2D eigenvalue weighted by Crippen LogP contribution is 2.14. The summed E-state index contributed by atoms with van der Waals surface area (Å²) in [4.78, 5) is 35.3. The van der Waals surface area contributed by atoms with Crippen molar-refractivity contribution in [3.63, 3.8) is 0 Å². The van der Waals surface area contributed by atoms with Crippen LogP contribution in [-0.2, 0) is 4.79 Å². The fourth-order valence-electron chi connectivity index (χ4n) is 1.45. The van der Waals surface area contributed by atoms with Crippen LogP contribution in [0, 0.1) is 4.91 Å². The molecule has 1 rings (SSSR count). The molecule has 1 aromatic carbocycles. The Morgan fingerprint density at radius 3 is 2.45 bits per heavy atom. The molecule has 7 heteroatoms. The van der Waals surface area contributed by atoms with Crippen LogP contribution in [0.3, 0.4) is 0 Å². The predicted molar refractivity (Wildman–Crippen MR) is 74.2 cm³/mol. The molecule has 20 heavy (non-hydrogen) atoms. The normalized spacial score (nSPS) is 11.3. The summed E-state index contributed by atoms with van der Waals surface area (Å²) >= 11 is 0. The van der Waals surface area contributed by atoms with E-state index in [1.807, 2.05) is 0 Å². The molecule has 0 bridgehead atoms. The van der Waals surface area contributed by atoms with E-state index < -0.39 is 17.4 Å². The zero-order chi connectivity index (χ0) is 15.3. The van der Waals surface area contributed by atoms with Crippen molar-refractivity contribution in [3.05, 3.63) is 46.2 Å². The highest BCUT2D eigenvalue weighted by Gasteiger charge is 2.15. The third kappa shape index (κ3) is 3.64. The third-order valence-electron chi connectivity index (χ3n) is 2.42. The molecular formula is C13H15N3O4. The topological polar surface area (TPSA) is 99.1 Å². The molecule has 0 aromatic heterocycles. The molecule has 1 aromatic rings. The first-order valence-corrected chi connectivity index (χ1v) is 5.73. The van der Waals surface area contributed by atoms with Crippen LogP contribution in [0.25, 0.3) is 0 Å². The lowest BCUT2D eigenvalue weighted by molar-refractivity contribution is -0.113. The Bertz CT molecular complexity index is 575. The van der Waals surface area contributed by atoms with Crippen LogP contribution in [0.15, 0.2) is 40.9 Å². The number of aliphatic hydroxyl groups excluding tert-OH is 1. The molecule has 0 fully saturated rings. The summed E-state index contributed by atoms with van der Waals surface area (Å²) in [5, 5.41) is 14.0. The van der Waals surface area contributed by atoms with Gasteiger partial charge < -0.3 is 15.3 Å². The number of hydrogen-bond acceptors (Lipinski definition) is 5. The van der Waals surface area contributed by atoms with E-state index in [1.54, 1.807) is 32.3 Å². The maximum absolute atomic E-state index is 11.8. The average Bonchev–Trinajstić information content (AvgIpc) is 2.38. The van der Waals surface area contributed by atoms with Crippen LogP contribution < -0.4 is 5.32 Å². The SMILES string of the molecule is CC(O)=C(N=O)C(=O)Nc1cccc(C(=O)N(C)C)c1. The number of benzene rings is 1. The Morgan fingerprint density at radius 1 is 1.30 bits per heavy atom. The molecule has 7 nitrogen and oxygen atoms in total. The number of nitrogens with zero attached hydrogens (tertiary/aromatic N) is 2. The zero-order valence-corrected chi connectivity index (χ0v) is 11.4. The third-order valence-corrected chi connectivity index (χ3v) is 2.42. The van der Waals surface area contributed by atoms with E-state index in [1.165, 1.54) is 17.9 Å². The Hall–Kier alpha value is -2.70. The Balaban J connectivity index is 2.98. The van der Waals surface area contributed by atoms with Gasteiger partial charge in [-0.1, -0.05) is 6.07 Å². The van der Waals surface area contributed by atoms with Crippen LogP contribution in [0.4, 0.5) is 5.69 Å². The quantitative estimate of drug-likeness (QED) is 0.498. The molecule has 2 N–H and O–H groups in total. The first-order chi connectivity index (χ1) is 9.36. The van der Waals surface area contributed by atoms with Crippen molar-refractivity contribution < 1.29 is 14.7 Å². The monoisotopic (exact) mass is 277 g/mol. The van der Waals surface area contributed by atoms with Crippen molar-refractivity contribution in [2.24, 2.45) is 5.18 Å². The fourth-order valence-corrected chi connectivity index (χ4v) is 1.45. The molecule has 0 aliphatic rings. The van der Waals surface area contributed by atoms with Crippen LogP contribution in [-0.4, -0.2) is 35.9 Å². The van der Waals surface area contributed by atoms with Crippen LogP contribution in [0.1, 0.15) is 17.3 Å². The van der Waals surface area contributed by atoms with Crippen molar-refractivity contribution in [1.82, 2.24) is 4.90 Å². The highest BCUT2D eigenvalue weighted by molar-refractivity contribution is 6.04. The summed E-state index contributed by atoms with van der Waals surface area (Å²) in [7, 11) is 3.22. The van der Waals surface area contributed by atoms with E-state index >= 15 is 0 Å². The number of hydrogen-bond donors (Lipinski definition) is 2. The van der Waals surface area contributed by atoms with Crippen molar-refractivity contribution >= 4 is 17.5 Å². The van der Waals surface area contributed by atoms with Crippen molar-refractivity contribution in [2.45, 2.75) is 6.92 Å². The lowest BCUT2D eigenvalue weighted by Crippen LogP contribution is -2.22. The molecule has 0 saturated carbocycles. The number of carbonyl (C=O) groups excluding carboxylic acids is 2. The number of rotatable bonds is 4. The molecule has 0 radical (unpaired) electrons. The Kier molecular flexibility index (Phi) is 4.96. The van der Waals surface area contributed by atoms with Crippen LogP contribution in [0.5, 0.6) is 0 Å². The number of aliphatic hydroxyl groups is 1. The van der Waals surface area contributed by atoms with E-state index in [-0.39, 0.29) is 5.91 Å². The minimum absolute atomic E-state index is 0.219. The number of allylic oxidation sites excluding steroid dienone is 1. The van der Waals surface area contributed by atoms with E-state index in [4.69, 9.17) is 5.11 Å². The molecule has 0 heterocycles. The molecule has 0 aliphatic heterocycles. The number of anilines is 1. The van der Waals surface area contributed by atoms with E-state index in [2.05, 4.69) is 10.5 Å². The van der Waals surface area contributed by atoms with Gasteiger partial charge in [0.1, 0.15) is 5.76 Å². The summed E-state index contributed by atoms with van der Waals surface area (Å²) in [5.74, 6) is -1.53. The lowest BCUT2D eigenvalue weighted by atomic mass is 10.2. The predicted octanol–water partition coefficient (Wildman–Crippen LogP) is 1.88. The van der Waals surface area contributed by atoms with Crippen molar-refractivity contribution in [1.29, 1.82) is 0 Å². The summed E-state index contributed by atoms with van der Waals surface area (Å²) in [6.45, 7) is 1.18. The molecule has 0 atom stereocenters. The van der Waals surface area contributed by atoms with Gasteiger partial charge in [0.25, 0.3) is 11.8 Å². The fraction of sp³-hybridized carbons (Fsp3) is 0.231. The average molecular weight is 277 g/mol. The number of amides is 2. The summed E-state index contributed by atoms with van der Waals surface area (Å²) in [6.07, 6.45) is 0. The second-order valence-corrected chi connectivity index (χ2v) is 4.26. The maximum atomic E-state index is 11.8. The van der Waals surface area contributed by atoms with Gasteiger partial charge in [0, 0.05) is 25.3 Å². The van der Waals surface area contributed by atoms with Crippen LogP contribution >= 0.6 is 0 Å². The first-order valence-electron chi connectivity index (χ1n) is 5.73. The number of nitroso groups, excluding NO2 is 1. The van der Waals surface area contributed by atoms with Gasteiger partial charge in [0.05, 0.1) is 0 Å². The van der Waals surface area contributed by atoms with Gasteiger partial charge in [-0.15, -0.1) is 4.91 Å². The molecule has 0 aliphatic carbocycles. The van der Waals surface area contributed by atoms with E-state index in [0.717, 1.165) is 0 Å². The van der Waals surface area contributed by atoms with E-state index in [0.29, 0.717) is 11.3 Å². The summed E-state index contributed by atoms with van der Waals surface area (Å²) in [6, 6.07) is 6.22. The van der Waals surface area contributed by atoms with Crippen molar-refractivity contribution in [3.8, 4) is 0 Å². The standard InChI is InChI=1S/C13H15N3O4/c1-8(17)11(15-20)12(18)14-10-6-4-5-9(7-10)13(19)16(2)3/h4-7,17H,1-3H3,(H,14,18). The molecule has 106 valence electrons.